The Morgan fingerprint density at radius 1 is 1.56 bits per heavy atom. The molecule has 0 spiro atoms. The van der Waals surface area contributed by atoms with Crippen molar-refractivity contribution in [3.05, 3.63) is 39.9 Å². The van der Waals surface area contributed by atoms with Crippen molar-refractivity contribution in [1.29, 1.82) is 0 Å². The Kier molecular flexibility index (Phi) is 4.94. The van der Waals surface area contributed by atoms with Crippen LogP contribution >= 0.6 is 0 Å². The number of aliphatic hydroxyl groups excluding tert-OH is 1. The van der Waals surface area contributed by atoms with E-state index in [-0.39, 0.29) is 30.7 Å². The van der Waals surface area contributed by atoms with Gasteiger partial charge in [-0.1, -0.05) is 12.1 Å². The van der Waals surface area contributed by atoms with Gasteiger partial charge in [0.25, 0.3) is 5.69 Å². The molecule has 1 rings (SSSR count). The molecular weight excluding hydrogens is 236 g/mol. The number of non-ortho nitro benzene ring substituents is 1. The van der Waals surface area contributed by atoms with E-state index >= 15 is 0 Å². The smallest absolute Gasteiger partial charge is 0.270 e. The zero-order valence-electron chi connectivity index (χ0n) is 10.4. The minimum Gasteiger partial charge on any atom is -0.395 e. The number of nitro groups is 1. The minimum atomic E-state index is -0.531. The zero-order chi connectivity index (χ0) is 13.7. The van der Waals surface area contributed by atoms with E-state index in [1.165, 1.54) is 18.2 Å². The second-order valence-corrected chi connectivity index (χ2v) is 4.18. The van der Waals surface area contributed by atoms with Gasteiger partial charge in [0, 0.05) is 23.7 Å². The first kappa shape index (κ1) is 14.3. The summed E-state index contributed by atoms with van der Waals surface area (Å²) < 4.78 is 0. The number of rotatable bonds is 6. The summed E-state index contributed by atoms with van der Waals surface area (Å²) >= 11 is 0. The molecule has 1 aromatic rings. The van der Waals surface area contributed by atoms with E-state index in [4.69, 9.17) is 5.11 Å². The van der Waals surface area contributed by atoms with Gasteiger partial charge in [-0.25, -0.2) is 0 Å². The maximum absolute atomic E-state index is 11.9. The molecule has 0 aliphatic heterocycles. The van der Waals surface area contributed by atoms with E-state index in [2.05, 4.69) is 0 Å². The van der Waals surface area contributed by atoms with Crippen LogP contribution in [0.15, 0.2) is 24.3 Å². The van der Waals surface area contributed by atoms with Crippen molar-refractivity contribution < 1.29 is 14.8 Å². The van der Waals surface area contributed by atoms with Gasteiger partial charge in [0.05, 0.1) is 18.1 Å². The summed E-state index contributed by atoms with van der Waals surface area (Å²) in [7, 11) is 1.72. The van der Waals surface area contributed by atoms with Crippen molar-refractivity contribution in [1.82, 2.24) is 4.90 Å². The Balaban J connectivity index is 2.78. The Labute approximate surface area is 105 Å². The largest absolute Gasteiger partial charge is 0.395 e. The Morgan fingerprint density at radius 3 is 2.78 bits per heavy atom. The highest BCUT2D eigenvalue weighted by Crippen LogP contribution is 2.14. The lowest BCUT2D eigenvalue weighted by atomic mass is 10.1. The van der Waals surface area contributed by atoms with Gasteiger partial charge in [-0.05, 0) is 14.0 Å². The van der Waals surface area contributed by atoms with E-state index in [0.29, 0.717) is 5.56 Å². The zero-order valence-corrected chi connectivity index (χ0v) is 10.4. The number of carbonyl (C=O) groups is 1. The Morgan fingerprint density at radius 2 is 2.22 bits per heavy atom. The molecule has 6 nitrogen and oxygen atoms in total. The van der Waals surface area contributed by atoms with Gasteiger partial charge in [0.15, 0.2) is 5.78 Å². The third kappa shape index (κ3) is 3.61. The molecule has 0 saturated heterocycles. The number of hydrogen-bond donors (Lipinski definition) is 1. The summed E-state index contributed by atoms with van der Waals surface area (Å²) in [5.74, 6) is -0.207. The molecule has 0 aliphatic rings. The van der Waals surface area contributed by atoms with Crippen LogP contribution in [0.2, 0.25) is 0 Å². The van der Waals surface area contributed by atoms with Crippen molar-refractivity contribution in [3.63, 3.8) is 0 Å². The summed E-state index contributed by atoms with van der Waals surface area (Å²) in [5.41, 5.74) is 0.208. The third-order valence-corrected chi connectivity index (χ3v) is 2.79. The lowest BCUT2D eigenvalue weighted by molar-refractivity contribution is -0.384. The van der Waals surface area contributed by atoms with E-state index < -0.39 is 4.92 Å². The van der Waals surface area contributed by atoms with Gasteiger partial charge in [-0.2, -0.15) is 0 Å². The topological polar surface area (TPSA) is 83.7 Å². The second kappa shape index (κ2) is 6.23. The monoisotopic (exact) mass is 252 g/mol. The summed E-state index contributed by atoms with van der Waals surface area (Å²) in [6.07, 6.45) is 0. The number of aliphatic hydroxyl groups is 1. The van der Waals surface area contributed by atoms with Crippen molar-refractivity contribution in [3.8, 4) is 0 Å². The Hall–Kier alpha value is -1.79. The standard InChI is InChI=1S/C12H16N2O4/c1-9(8-15)13(2)7-12(16)10-4-3-5-11(6-10)14(17)18/h3-6,9,15H,7-8H2,1-2H3. The highest BCUT2D eigenvalue weighted by Gasteiger charge is 2.15. The fourth-order valence-electron chi connectivity index (χ4n) is 1.41. The van der Waals surface area contributed by atoms with E-state index in [9.17, 15) is 14.9 Å². The van der Waals surface area contributed by atoms with Crippen LogP contribution < -0.4 is 0 Å². The van der Waals surface area contributed by atoms with Gasteiger partial charge in [0.2, 0.25) is 0 Å². The SMILES string of the molecule is CC(CO)N(C)CC(=O)c1cccc([N+](=O)[O-])c1. The van der Waals surface area contributed by atoms with Crippen LogP contribution in [0, 0.1) is 10.1 Å². The number of likely N-dealkylation sites (N-methyl/N-ethyl adjacent to an activating group) is 1. The first-order valence-electron chi connectivity index (χ1n) is 5.54. The summed E-state index contributed by atoms with van der Waals surface area (Å²) in [4.78, 5) is 23.7. The summed E-state index contributed by atoms with van der Waals surface area (Å²) in [6, 6.07) is 5.51. The van der Waals surface area contributed by atoms with Crippen LogP contribution in [-0.4, -0.2) is 47.0 Å². The highest BCUT2D eigenvalue weighted by molar-refractivity contribution is 5.98. The van der Waals surface area contributed by atoms with Gasteiger partial charge in [0.1, 0.15) is 0 Å². The normalized spacial score (nSPS) is 12.4. The van der Waals surface area contributed by atoms with E-state index in [0.717, 1.165) is 0 Å². The van der Waals surface area contributed by atoms with Crippen LogP contribution in [0.4, 0.5) is 5.69 Å². The number of carbonyl (C=O) groups excluding carboxylic acids is 1. The first-order chi connectivity index (χ1) is 8.45. The molecule has 0 bridgehead atoms. The fourth-order valence-corrected chi connectivity index (χ4v) is 1.41. The maximum Gasteiger partial charge on any atom is 0.270 e. The highest BCUT2D eigenvalue weighted by atomic mass is 16.6. The van der Waals surface area contributed by atoms with Crippen LogP contribution in [0.25, 0.3) is 0 Å². The number of hydrogen-bond acceptors (Lipinski definition) is 5. The van der Waals surface area contributed by atoms with Crippen LogP contribution in [0.1, 0.15) is 17.3 Å². The lowest BCUT2D eigenvalue weighted by Crippen LogP contribution is -2.36. The first-order valence-corrected chi connectivity index (χ1v) is 5.54. The van der Waals surface area contributed by atoms with Crippen LogP contribution in [0.3, 0.4) is 0 Å². The van der Waals surface area contributed by atoms with Crippen molar-refractivity contribution in [2.45, 2.75) is 13.0 Å². The predicted octanol–water partition coefficient (Wildman–Crippen LogP) is 1.09. The molecule has 0 fully saturated rings. The molecule has 0 radical (unpaired) electrons. The number of nitro benzene ring substituents is 1. The molecule has 0 heterocycles. The van der Waals surface area contributed by atoms with Gasteiger partial charge in [-0.3, -0.25) is 19.8 Å². The quantitative estimate of drug-likeness (QED) is 0.465. The summed E-state index contributed by atoms with van der Waals surface area (Å²) in [5, 5.41) is 19.6. The van der Waals surface area contributed by atoms with Gasteiger partial charge < -0.3 is 5.11 Å². The van der Waals surface area contributed by atoms with Gasteiger partial charge >= 0.3 is 0 Å². The van der Waals surface area contributed by atoms with E-state index in [1.54, 1.807) is 24.9 Å². The molecule has 0 amide bonds. The molecule has 98 valence electrons. The number of ketones is 1. The number of Topliss-reactive ketones (excluding diaryl/α,β-unsaturated/α-hetero) is 1. The third-order valence-electron chi connectivity index (χ3n) is 2.79. The minimum absolute atomic E-state index is 0.0429. The lowest BCUT2D eigenvalue weighted by Gasteiger charge is -2.21. The Bertz CT molecular complexity index is 447. The molecule has 0 aromatic heterocycles. The molecule has 1 aromatic carbocycles. The molecule has 6 heteroatoms. The molecule has 18 heavy (non-hydrogen) atoms. The van der Waals surface area contributed by atoms with Crippen molar-refractivity contribution >= 4 is 11.5 Å². The average molecular weight is 252 g/mol. The molecule has 1 unspecified atom stereocenters. The second-order valence-electron chi connectivity index (χ2n) is 4.18. The van der Waals surface area contributed by atoms with Crippen molar-refractivity contribution in [2.24, 2.45) is 0 Å². The van der Waals surface area contributed by atoms with Crippen molar-refractivity contribution in [2.75, 3.05) is 20.2 Å². The van der Waals surface area contributed by atoms with Gasteiger partial charge in [-0.15, -0.1) is 0 Å². The number of nitrogens with zero attached hydrogens (tertiary/aromatic N) is 2. The summed E-state index contributed by atoms with van der Waals surface area (Å²) in [6.45, 7) is 1.86. The molecule has 0 aliphatic carbocycles. The predicted molar refractivity (Wildman–Crippen MR) is 66.6 cm³/mol. The van der Waals surface area contributed by atoms with Crippen LogP contribution in [0.5, 0.6) is 0 Å². The molecule has 1 atom stereocenters. The molecule has 0 saturated carbocycles. The maximum atomic E-state index is 11.9. The van der Waals surface area contributed by atoms with Crippen LogP contribution in [-0.2, 0) is 0 Å². The van der Waals surface area contributed by atoms with E-state index in [1.807, 2.05) is 0 Å². The fraction of sp³-hybridized carbons (Fsp3) is 0.417. The molecule has 1 N–H and O–H groups in total. The number of benzene rings is 1. The molecular formula is C12H16N2O4. The average Bonchev–Trinajstić information content (AvgIpc) is 2.37.